The number of nitrogens with one attached hydrogen (secondary N) is 2. The van der Waals surface area contributed by atoms with Gasteiger partial charge in [0.15, 0.2) is 0 Å². The van der Waals surface area contributed by atoms with E-state index in [1.807, 2.05) is 38.1 Å². The summed E-state index contributed by atoms with van der Waals surface area (Å²) < 4.78 is 5.45. The molecule has 2 N–H and O–H groups in total. The van der Waals surface area contributed by atoms with Gasteiger partial charge in [-0.1, -0.05) is 31.1 Å². The van der Waals surface area contributed by atoms with Crippen LogP contribution in [0.2, 0.25) is 0 Å². The minimum Gasteiger partial charge on any atom is -0.408 e. The third kappa shape index (κ3) is 3.81. The highest BCUT2D eigenvalue weighted by Crippen LogP contribution is 2.16. The van der Waals surface area contributed by atoms with E-state index in [2.05, 4.69) is 20.8 Å². The van der Waals surface area contributed by atoms with E-state index in [0.29, 0.717) is 18.5 Å². The number of hydrogen-bond donors (Lipinski definition) is 2. The van der Waals surface area contributed by atoms with Crippen LogP contribution in [0.15, 0.2) is 28.7 Å². The zero-order valence-electron chi connectivity index (χ0n) is 11.8. The third-order valence-electron chi connectivity index (χ3n) is 2.65. The monoisotopic (exact) mass is 274 g/mol. The lowest BCUT2D eigenvalue weighted by atomic mass is 10.2. The normalized spacial score (nSPS) is 10.6. The van der Waals surface area contributed by atoms with Gasteiger partial charge in [0.25, 0.3) is 0 Å². The summed E-state index contributed by atoms with van der Waals surface area (Å²) in [5.41, 5.74) is 1.84. The van der Waals surface area contributed by atoms with Gasteiger partial charge in [-0.3, -0.25) is 4.79 Å². The fraction of sp³-hybridized carbons (Fsp3) is 0.357. The number of benzene rings is 1. The van der Waals surface area contributed by atoms with Crippen molar-refractivity contribution in [3.63, 3.8) is 0 Å². The van der Waals surface area contributed by atoms with Crippen LogP contribution in [0.1, 0.15) is 38.1 Å². The zero-order chi connectivity index (χ0) is 14.5. The molecule has 0 bridgehead atoms. The number of amides is 1. The minimum atomic E-state index is -0.0806. The summed E-state index contributed by atoms with van der Waals surface area (Å²) in [6.07, 6.45) is 0. The van der Waals surface area contributed by atoms with Gasteiger partial charge in [-0.25, -0.2) is 0 Å². The Labute approximate surface area is 117 Å². The Morgan fingerprint density at radius 1 is 1.25 bits per heavy atom. The number of hydrogen-bond acceptors (Lipinski definition) is 5. The van der Waals surface area contributed by atoms with E-state index in [1.54, 1.807) is 0 Å². The summed E-state index contributed by atoms with van der Waals surface area (Å²) in [6.45, 7) is 6.06. The molecule has 0 saturated heterocycles. The average Bonchev–Trinajstić information content (AvgIpc) is 2.86. The summed E-state index contributed by atoms with van der Waals surface area (Å²) in [4.78, 5) is 10.9. The lowest BCUT2D eigenvalue weighted by Gasteiger charge is -2.05. The van der Waals surface area contributed by atoms with Crippen molar-refractivity contribution in [2.45, 2.75) is 33.2 Å². The first kappa shape index (κ1) is 14.0. The fourth-order valence-corrected chi connectivity index (χ4v) is 1.63. The van der Waals surface area contributed by atoms with Crippen molar-refractivity contribution >= 4 is 17.6 Å². The number of nitrogens with zero attached hydrogens (tertiary/aromatic N) is 2. The molecule has 0 spiro atoms. The highest BCUT2D eigenvalue weighted by Gasteiger charge is 2.08. The van der Waals surface area contributed by atoms with Crippen LogP contribution >= 0.6 is 0 Å². The molecular formula is C14H18N4O2. The number of anilines is 2. The maximum atomic E-state index is 10.9. The first-order valence-electron chi connectivity index (χ1n) is 6.48. The van der Waals surface area contributed by atoms with Crippen LogP contribution < -0.4 is 10.6 Å². The second-order valence-corrected chi connectivity index (χ2v) is 4.83. The van der Waals surface area contributed by atoms with Crippen LogP contribution in [-0.2, 0) is 11.3 Å². The molecule has 2 rings (SSSR count). The Morgan fingerprint density at radius 2 is 1.95 bits per heavy atom. The first-order valence-corrected chi connectivity index (χ1v) is 6.48. The Kier molecular flexibility index (Phi) is 4.34. The predicted octanol–water partition coefficient (Wildman–Crippen LogP) is 2.76. The number of aromatic nitrogens is 2. The van der Waals surface area contributed by atoms with Gasteiger partial charge >= 0.3 is 6.01 Å². The number of carbonyl (C=O) groups is 1. The van der Waals surface area contributed by atoms with E-state index in [1.165, 1.54) is 6.92 Å². The molecular weight excluding hydrogens is 256 g/mol. The molecule has 1 aromatic heterocycles. The Hall–Kier alpha value is -2.37. The first-order chi connectivity index (χ1) is 9.54. The summed E-state index contributed by atoms with van der Waals surface area (Å²) in [5, 5.41) is 13.7. The lowest BCUT2D eigenvalue weighted by molar-refractivity contribution is -0.114. The van der Waals surface area contributed by atoms with Gasteiger partial charge in [0.2, 0.25) is 11.8 Å². The molecule has 2 aromatic rings. The van der Waals surface area contributed by atoms with Gasteiger partial charge in [-0.05, 0) is 17.7 Å². The highest BCUT2D eigenvalue weighted by atomic mass is 16.4. The zero-order valence-corrected chi connectivity index (χ0v) is 11.8. The molecule has 0 fully saturated rings. The summed E-state index contributed by atoms with van der Waals surface area (Å²) in [7, 11) is 0. The quantitative estimate of drug-likeness (QED) is 0.876. The number of carbonyl (C=O) groups excluding carboxylic acids is 1. The van der Waals surface area contributed by atoms with Crippen molar-refractivity contribution in [3.8, 4) is 0 Å². The molecule has 0 aliphatic rings. The molecule has 0 saturated carbocycles. The van der Waals surface area contributed by atoms with E-state index >= 15 is 0 Å². The summed E-state index contributed by atoms with van der Waals surface area (Å²) in [6, 6.07) is 7.98. The van der Waals surface area contributed by atoms with Crippen LogP contribution in [0.5, 0.6) is 0 Å². The summed E-state index contributed by atoms with van der Waals surface area (Å²) in [5.74, 6) is 0.756. The van der Waals surface area contributed by atoms with E-state index in [9.17, 15) is 4.79 Å². The van der Waals surface area contributed by atoms with Crippen molar-refractivity contribution in [1.29, 1.82) is 0 Å². The van der Waals surface area contributed by atoms with Gasteiger partial charge in [0.1, 0.15) is 0 Å². The maximum Gasteiger partial charge on any atom is 0.315 e. The molecule has 0 atom stereocenters. The molecule has 0 aliphatic heterocycles. The van der Waals surface area contributed by atoms with Crippen LogP contribution in [0, 0.1) is 0 Å². The van der Waals surface area contributed by atoms with Crippen LogP contribution in [0.4, 0.5) is 11.7 Å². The van der Waals surface area contributed by atoms with E-state index < -0.39 is 0 Å². The summed E-state index contributed by atoms with van der Waals surface area (Å²) >= 11 is 0. The Morgan fingerprint density at radius 3 is 2.50 bits per heavy atom. The largest absolute Gasteiger partial charge is 0.408 e. The van der Waals surface area contributed by atoms with Gasteiger partial charge < -0.3 is 15.1 Å². The highest BCUT2D eigenvalue weighted by molar-refractivity contribution is 5.88. The smallest absolute Gasteiger partial charge is 0.315 e. The number of rotatable bonds is 5. The van der Waals surface area contributed by atoms with Crippen molar-refractivity contribution in [2.75, 3.05) is 10.6 Å². The third-order valence-corrected chi connectivity index (χ3v) is 2.65. The van der Waals surface area contributed by atoms with Gasteiger partial charge in [-0.2, -0.15) is 0 Å². The SMILES string of the molecule is CC(=O)Nc1ccc(CNc2nnc(C(C)C)o2)cc1. The van der Waals surface area contributed by atoms with E-state index in [-0.39, 0.29) is 11.8 Å². The lowest BCUT2D eigenvalue weighted by Crippen LogP contribution is -2.06. The van der Waals surface area contributed by atoms with Gasteiger partial charge in [0.05, 0.1) is 0 Å². The van der Waals surface area contributed by atoms with Crippen molar-refractivity contribution in [2.24, 2.45) is 0 Å². The molecule has 0 aliphatic carbocycles. The second kappa shape index (κ2) is 6.18. The Balaban J connectivity index is 1.91. The van der Waals surface area contributed by atoms with Crippen molar-refractivity contribution < 1.29 is 9.21 Å². The molecule has 106 valence electrons. The van der Waals surface area contributed by atoms with E-state index in [0.717, 1.165) is 11.3 Å². The van der Waals surface area contributed by atoms with Crippen LogP contribution in [0.3, 0.4) is 0 Å². The maximum absolute atomic E-state index is 10.9. The molecule has 20 heavy (non-hydrogen) atoms. The predicted molar refractivity (Wildman–Crippen MR) is 76.5 cm³/mol. The molecule has 1 heterocycles. The van der Waals surface area contributed by atoms with Crippen LogP contribution in [0.25, 0.3) is 0 Å². The van der Waals surface area contributed by atoms with Crippen LogP contribution in [-0.4, -0.2) is 16.1 Å². The topological polar surface area (TPSA) is 80.0 Å². The van der Waals surface area contributed by atoms with Gasteiger partial charge in [0, 0.05) is 25.1 Å². The molecule has 0 radical (unpaired) electrons. The fourth-order valence-electron chi connectivity index (χ4n) is 1.63. The molecule has 1 amide bonds. The minimum absolute atomic E-state index is 0.0806. The molecule has 0 unspecified atom stereocenters. The van der Waals surface area contributed by atoms with Gasteiger partial charge in [-0.15, -0.1) is 5.10 Å². The standard InChI is InChI=1S/C14H18N4O2/c1-9(2)13-17-18-14(20-13)15-8-11-4-6-12(7-5-11)16-10(3)19/h4-7,9H,8H2,1-3H3,(H,15,18)(H,16,19). The molecule has 6 heteroatoms. The second-order valence-electron chi connectivity index (χ2n) is 4.83. The Bertz CT molecular complexity index is 575. The van der Waals surface area contributed by atoms with Crippen molar-refractivity contribution in [3.05, 3.63) is 35.7 Å². The van der Waals surface area contributed by atoms with Crippen molar-refractivity contribution in [1.82, 2.24) is 10.2 Å². The molecule has 6 nitrogen and oxygen atoms in total. The molecule has 1 aromatic carbocycles. The average molecular weight is 274 g/mol. The van der Waals surface area contributed by atoms with E-state index in [4.69, 9.17) is 4.42 Å².